The predicted octanol–water partition coefficient (Wildman–Crippen LogP) is 4.46. The predicted molar refractivity (Wildman–Crippen MR) is 125 cm³/mol. The number of ketones is 1. The summed E-state index contributed by atoms with van der Waals surface area (Å²) in [5.74, 6) is -1.07. The van der Waals surface area contributed by atoms with E-state index in [2.05, 4.69) is 10.3 Å². The summed E-state index contributed by atoms with van der Waals surface area (Å²) in [4.78, 5) is 30.0. The van der Waals surface area contributed by atoms with Gasteiger partial charge in [-0.3, -0.25) is 9.59 Å². The van der Waals surface area contributed by atoms with Crippen LogP contribution in [0.5, 0.6) is 5.88 Å². The number of nitrogen functional groups attached to an aromatic ring is 1. The number of nitrogens with two attached hydrogens (primary N) is 1. The summed E-state index contributed by atoms with van der Waals surface area (Å²) in [7, 11) is 1.47. The van der Waals surface area contributed by atoms with Crippen molar-refractivity contribution in [2.45, 2.75) is 13.5 Å². The van der Waals surface area contributed by atoms with Crippen LogP contribution in [-0.2, 0) is 11.3 Å². The number of halogens is 1. The summed E-state index contributed by atoms with van der Waals surface area (Å²) in [6.07, 6.45) is 1.49. The Kier molecular flexibility index (Phi) is 5.83. The van der Waals surface area contributed by atoms with Crippen LogP contribution in [0.1, 0.15) is 21.6 Å². The van der Waals surface area contributed by atoms with Crippen molar-refractivity contribution < 1.29 is 14.3 Å². The average Bonchev–Trinajstić information content (AvgIpc) is 3.05. The van der Waals surface area contributed by atoms with Gasteiger partial charge in [0.05, 0.1) is 12.7 Å². The van der Waals surface area contributed by atoms with Gasteiger partial charge in [-0.15, -0.1) is 0 Å². The Hall–Kier alpha value is -3.84. The van der Waals surface area contributed by atoms with Crippen molar-refractivity contribution in [3.63, 3.8) is 0 Å². The van der Waals surface area contributed by atoms with E-state index in [0.29, 0.717) is 45.5 Å². The lowest BCUT2D eigenvalue weighted by Gasteiger charge is -2.09. The molecule has 8 heteroatoms. The summed E-state index contributed by atoms with van der Waals surface area (Å²) < 4.78 is 7.06. The Balaban J connectivity index is 1.73. The van der Waals surface area contributed by atoms with Crippen LogP contribution in [-0.4, -0.2) is 28.4 Å². The van der Waals surface area contributed by atoms with E-state index in [4.69, 9.17) is 22.1 Å². The van der Waals surface area contributed by atoms with Crippen LogP contribution >= 0.6 is 11.6 Å². The van der Waals surface area contributed by atoms with Crippen LogP contribution in [0.3, 0.4) is 0 Å². The van der Waals surface area contributed by atoms with Gasteiger partial charge < -0.3 is 20.4 Å². The number of hydrogen-bond donors (Lipinski definition) is 2. The van der Waals surface area contributed by atoms with Crippen molar-refractivity contribution in [1.29, 1.82) is 0 Å². The molecule has 2 aromatic carbocycles. The number of Topliss-reactive ketones (excluding diaryl/α,β-unsaturated/α-hetero) is 1. The first-order valence-electron chi connectivity index (χ1n) is 9.86. The summed E-state index contributed by atoms with van der Waals surface area (Å²) in [6.45, 7) is 2.34. The number of benzene rings is 2. The average molecular weight is 449 g/mol. The third-order valence-electron chi connectivity index (χ3n) is 5.24. The maximum atomic E-state index is 13.2. The molecule has 0 aliphatic carbocycles. The van der Waals surface area contributed by atoms with E-state index in [0.717, 1.165) is 11.1 Å². The largest absolute Gasteiger partial charge is 0.481 e. The third-order valence-corrected chi connectivity index (χ3v) is 5.49. The second kappa shape index (κ2) is 8.72. The first-order valence-corrected chi connectivity index (χ1v) is 10.2. The molecule has 0 fully saturated rings. The van der Waals surface area contributed by atoms with Gasteiger partial charge in [-0.05, 0) is 48.9 Å². The van der Waals surface area contributed by atoms with E-state index < -0.39 is 11.7 Å². The lowest BCUT2D eigenvalue weighted by Crippen LogP contribution is -2.23. The quantitative estimate of drug-likeness (QED) is 0.258. The molecule has 0 radical (unpaired) electrons. The van der Waals surface area contributed by atoms with Crippen LogP contribution in [0.25, 0.3) is 10.9 Å². The maximum absolute atomic E-state index is 13.2. The second-order valence-corrected chi connectivity index (χ2v) is 7.76. The number of nitrogens with zero attached hydrogens (tertiary/aromatic N) is 2. The molecule has 2 heterocycles. The van der Waals surface area contributed by atoms with Crippen molar-refractivity contribution in [3.8, 4) is 5.88 Å². The number of methoxy groups -OCH3 is 1. The number of carbonyl (C=O) groups excluding carboxylic acids is 2. The minimum atomic E-state index is -0.755. The minimum absolute atomic E-state index is 0.319. The number of nitrogens with one attached hydrogen (secondary N) is 1. The molecular formula is C24H21ClN4O3. The second-order valence-electron chi connectivity index (χ2n) is 7.32. The maximum Gasteiger partial charge on any atom is 0.296 e. The molecule has 32 heavy (non-hydrogen) atoms. The lowest BCUT2D eigenvalue weighted by molar-refractivity contribution is -0.112. The number of pyridine rings is 1. The molecular weight excluding hydrogens is 428 g/mol. The standard InChI is InChI=1S/C24H21ClN4O3/c1-14-22(23(30)24(31)28-18-9-10-27-21(12-18)32-2)19-11-17(26)7-8-20(19)29(14)13-15-3-5-16(25)6-4-15/h3-12H,13,26H2,1-2H3,(H,27,28,31). The molecule has 0 unspecified atom stereocenters. The van der Waals surface area contributed by atoms with Gasteiger partial charge in [0.1, 0.15) is 0 Å². The first kappa shape index (κ1) is 21.4. The molecule has 0 bridgehead atoms. The molecule has 3 N–H and O–H groups in total. The van der Waals surface area contributed by atoms with Gasteiger partial charge in [-0.25, -0.2) is 4.98 Å². The number of anilines is 2. The highest BCUT2D eigenvalue weighted by Gasteiger charge is 2.25. The minimum Gasteiger partial charge on any atom is -0.481 e. The highest BCUT2D eigenvalue weighted by Crippen LogP contribution is 2.30. The van der Waals surface area contributed by atoms with Gasteiger partial charge in [0, 0.05) is 51.8 Å². The molecule has 4 rings (SSSR count). The Bertz CT molecular complexity index is 1330. The number of amides is 1. The van der Waals surface area contributed by atoms with Gasteiger partial charge >= 0.3 is 0 Å². The fourth-order valence-corrected chi connectivity index (χ4v) is 3.79. The van der Waals surface area contributed by atoms with Gasteiger partial charge in [-0.1, -0.05) is 23.7 Å². The zero-order chi connectivity index (χ0) is 22.8. The summed E-state index contributed by atoms with van der Waals surface area (Å²) in [5, 5.41) is 3.90. The molecule has 7 nitrogen and oxygen atoms in total. The fraction of sp³-hybridized carbons (Fsp3) is 0.125. The Morgan fingerprint density at radius 2 is 1.88 bits per heavy atom. The molecule has 0 saturated heterocycles. The van der Waals surface area contributed by atoms with Gasteiger partial charge in [-0.2, -0.15) is 0 Å². The van der Waals surface area contributed by atoms with Crippen LogP contribution in [0.2, 0.25) is 5.02 Å². The number of hydrogen-bond acceptors (Lipinski definition) is 5. The Labute approximate surface area is 189 Å². The van der Waals surface area contributed by atoms with Gasteiger partial charge in [0.25, 0.3) is 11.7 Å². The highest BCUT2D eigenvalue weighted by molar-refractivity contribution is 6.48. The van der Waals surface area contributed by atoms with E-state index >= 15 is 0 Å². The Morgan fingerprint density at radius 1 is 1.12 bits per heavy atom. The van der Waals surface area contributed by atoms with E-state index in [1.165, 1.54) is 13.3 Å². The third kappa shape index (κ3) is 4.15. The lowest BCUT2D eigenvalue weighted by atomic mass is 10.1. The van der Waals surface area contributed by atoms with Crippen molar-refractivity contribution in [2.24, 2.45) is 0 Å². The van der Waals surface area contributed by atoms with Gasteiger partial charge in [0.15, 0.2) is 0 Å². The van der Waals surface area contributed by atoms with Crippen molar-refractivity contribution >= 4 is 45.6 Å². The van der Waals surface area contributed by atoms with Crippen LogP contribution in [0, 0.1) is 6.92 Å². The number of fused-ring (bicyclic) bond motifs is 1. The molecule has 2 aromatic heterocycles. The monoisotopic (exact) mass is 448 g/mol. The molecule has 0 spiro atoms. The normalized spacial score (nSPS) is 10.8. The molecule has 0 aliphatic rings. The molecule has 0 saturated carbocycles. The number of ether oxygens (including phenoxy) is 1. The number of aromatic nitrogens is 2. The molecule has 0 aliphatic heterocycles. The molecule has 162 valence electrons. The summed E-state index contributed by atoms with van der Waals surface area (Å²) >= 11 is 6.00. The van der Waals surface area contributed by atoms with Crippen molar-refractivity contribution in [1.82, 2.24) is 9.55 Å². The zero-order valence-electron chi connectivity index (χ0n) is 17.6. The van der Waals surface area contributed by atoms with E-state index in [1.54, 1.807) is 24.3 Å². The van der Waals surface area contributed by atoms with Crippen LogP contribution < -0.4 is 15.8 Å². The molecule has 4 aromatic rings. The van der Waals surface area contributed by atoms with Crippen molar-refractivity contribution in [3.05, 3.63) is 82.6 Å². The number of rotatable bonds is 6. The topological polar surface area (TPSA) is 99.2 Å². The summed E-state index contributed by atoms with van der Waals surface area (Å²) in [5.41, 5.74) is 9.74. The van der Waals surface area contributed by atoms with Crippen LogP contribution in [0.15, 0.2) is 60.8 Å². The number of carbonyl (C=O) groups is 2. The van der Waals surface area contributed by atoms with E-state index in [1.807, 2.05) is 41.8 Å². The fourth-order valence-electron chi connectivity index (χ4n) is 3.66. The SMILES string of the molecule is COc1cc(NC(=O)C(=O)c2c(C)n(Cc3ccc(Cl)cc3)c3ccc(N)cc23)ccn1. The molecule has 0 atom stereocenters. The van der Waals surface area contributed by atoms with Crippen LogP contribution in [0.4, 0.5) is 11.4 Å². The molecule has 1 amide bonds. The first-order chi connectivity index (χ1) is 15.4. The zero-order valence-corrected chi connectivity index (χ0v) is 18.3. The summed E-state index contributed by atoms with van der Waals surface area (Å²) in [6, 6.07) is 16.0. The Morgan fingerprint density at radius 3 is 2.59 bits per heavy atom. The van der Waals surface area contributed by atoms with E-state index in [9.17, 15) is 9.59 Å². The smallest absolute Gasteiger partial charge is 0.296 e. The highest BCUT2D eigenvalue weighted by atomic mass is 35.5. The van der Waals surface area contributed by atoms with Crippen molar-refractivity contribution in [2.75, 3.05) is 18.2 Å². The van der Waals surface area contributed by atoms with Gasteiger partial charge in [0.2, 0.25) is 5.88 Å². The van der Waals surface area contributed by atoms with E-state index in [-0.39, 0.29) is 0 Å².